The maximum absolute atomic E-state index is 9.14. The average molecular weight is 503 g/mol. The largest absolute Gasteiger partial charge is 0.396 e. The molecule has 1 saturated heterocycles. The van der Waals surface area contributed by atoms with E-state index in [-0.39, 0.29) is 13.2 Å². The van der Waals surface area contributed by atoms with Gasteiger partial charge in [-0.1, -0.05) is 24.3 Å². The number of rotatable bonds is 6. The summed E-state index contributed by atoms with van der Waals surface area (Å²) >= 11 is 0. The third-order valence-electron chi connectivity index (χ3n) is 6.17. The summed E-state index contributed by atoms with van der Waals surface area (Å²) in [5.41, 5.74) is 4.49. The Bertz CT molecular complexity index is 728. The van der Waals surface area contributed by atoms with E-state index in [1.807, 2.05) is 0 Å². The highest BCUT2D eigenvalue weighted by molar-refractivity contribution is 5.48. The fraction of sp³-hybridized carbons (Fsp3) is 0.571. The number of hydrogen-bond acceptors (Lipinski definition) is 8. The van der Waals surface area contributed by atoms with Gasteiger partial charge in [0.2, 0.25) is 0 Å². The highest BCUT2D eigenvalue weighted by atomic mass is 16.5. The van der Waals surface area contributed by atoms with Crippen molar-refractivity contribution in [2.45, 2.75) is 12.8 Å². The second kappa shape index (κ2) is 17.3. The Morgan fingerprint density at radius 1 is 0.472 bits per heavy atom. The summed E-state index contributed by atoms with van der Waals surface area (Å²) in [6.07, 6.45) is 1.34. The Hall–Kier alpha value is -2.20. The maximum atomic E-state index is 9.14. The van der Waals surface area contributed by atoms with Crippen molar-refractivity contribution >= 4 is 11.4 Å². The quantitative estimate of drug-likeness (QED) is 0.622. The number of hydrogen-bond donors (Lipinski definition) is 2. The Morgan fingerprint density at radius 3 is 1.06 bits per heavy atom. The molecule has 0 atom stereocenters. The van der Waals surface area contributed by atoms with E-state index in [1.165, 1.54) is 0 Å². The molecule has 2 aromatic rings. The fourth-order valence-corrected chi connectivity index (χ4v) is 4.09. The normalized spacial score (nSPS) is 17.9. The molecule has 1 heterocycles. The minimum absolute atomic E-state index is 0.158. The van der Waals surface area contributed by atoms with E-state index >= 15 is 0 Å². The number of benzene rings is 2. The van der Waals surface area contributed by atoms with E-state index in [9.17, 15) is 0 Å². The lowest BCUT2D eigenvalue weighted by atomic mass is 10.1. The van der Waals surface area contributed by atoms with Gasteiger partial charge in [0.15, 0.2) is 0 Å². The number of anilines is 2. The molecule has 2 aromatic carbocycles. The third kappa shape index (κ3) is 10.4. The van der Waals surface area contributed by atoms with Gasteiger partial charge < -0.3 is 39.0 Å². The van der Waals surface area contributed by atoms with Crippen molar-refractivity contribution in [2.24, 2.45) is 0 Å². The summed E-state index contributed by atoms with van der Waals surface area (Å²) in [7, 11) is 0. The van der Waals surface area contributed by atoms with E-state index in [1.54, 1.807) is 0 Å². The van der Waals surface area contributed by atoms with Gasteiger partial charge in [-0.2, -0.15) is 0 Å². The minimum Gasteiger partial charge on any atom is -0.396 e. The van der Waals surface area contributed by atoms with Crippen LogP contribution in [0.25, 0.3) is 0 Å². The average Bonchev–Trinajstić information content (AvgIpc) is 2.90. The maximum Gasteiger partial charge on any atom is 0.0701 e. The predicted molar refractivity (Wildman–Crippen MR) is 142 cm³/mol. The standard InChI is InChI=1S/C28H42N2O6/c31-15-9-25-1-5-27(6-2-25)29-11-17-33-21-23-35-19-13-30(14-20-36-24-22-34-18-12-29)28-7-3-26(4-8-28)10-16-32/h1-8,31-32H,9-24H2. The number of nitrogens with zero attached hydrogens (tertiary/aromatic N) is 2. The molecule has 1 fully saturated rings. The molecular weight excluding hydrogens is 460 g/mol. The van der Waals surface area contributed by atoms with Crippen molar-refractivity contribution in [3.05, 3.63) is 59.7 Å². The van der Waals surface area contributed by atoms with E-state index in [0.29, 0.717) is 65.7 Å². The van der Waals surface area contributed by atoms with Crippen molar-refractivity contribution in [3.8, 4) is 0 Å². The lowest BCUT2D eigenvalue weighted by Crippen LogP contribution is -2.33. The van der Waals surface area contributed by atoms with Gasteiger partial charge in [0.1, 0.15) is 0 Å². The summed E-state index contributed by atoms with van der Waals surface area (Å²) in [6, 6.07) is 16.6. The van der Waals surface area contributed by atoms with Crippen molar-refractivity contribution in [1.29, 1.82) is 0 Å². The molecule has 1 aliphatic rings. The lowest BCUT2D eigenvalue weighted by Gasteiger charge is -2.26. The second-order valence-electron chi connectivity index (χ2n) is 8.70. The summed E-state index contributed by atoms with van der Waals surface area (Å²) < 4.78 is 23.4. The minimum atomic E-state index is 0.158. The lowest BCUT2D eigenvalue weighted by molar-refractivity contribution is 0.0436. The predicted octanol–water partition coefficient (Wildman–Crippen LogP) is 2.15. The van der Waals surface area contributed by atoms with Crippen LogP contribution < -0.4 is 9.80 Å². The SMILES string of the molecule is OCCc1ccc(N2CCOCCOCCN(c3ccc(CCO)cc3)CCOCCOCC2)cc1. The Balaban J connectivity index is 1.49. The van der Waals surface area contributed by atoms with Crippen molar-refractivity contribution in [3.63, 3.8) is 0 Å². The second-order valence-corrected chi connectivity index (χ2v) is 8.70. The van der Waals surface area contributed by atoms with Crippen LogP contribution in [0.5, 0.6) is 0 Å². The van der Waals surface area contributed by atoms with Gasteiger partial charge in [-0.25, -0.2) is 0 Å². The topological polar surface area (TPSA) is 83.9 Å². The Labute approximate surface area is 215 Å². The molecule has 8 heteroatoms. The van der Waals surface area contributed by atoms with Gasteiger partial charge in [0.05, 0.1) is 52.9 Å². The molecule has 8 nitrogen and oxygen atoms in total. The molecule has 0 saturated carbocycles. The van der Waals surface area contributed by atoms with E-state index in [2.05, 4.69) is 58.3 Å². The first-order valence-electron chi connectivity index (χ1n) is 13.0. The van der Waals surface area contributed by atoms with Crippen LogP contribution in [0.15, 0.2) is 48.5 Å². The van der Waals surface area contributed by atoms with Gasteiger partial charge in [-0.05, 0) is 48.2 Å². The molecule has 200 valence electrons. The van der Waals surface area contributed by atoms with Crippen LogP contribution in [-0.4, -0.2) is 102 Å². The molecule has 0 radical (unpaired) electrons. The Kier molecular flexibility index (Phi) is 13.6. The summed E-state index contributed by atoms with van der Waals surface area (Å²) in [5, 5.41) is 18.3. The van der Waals surface area contributed by atoms with Crippen LogP contribution in [0.1, 0.15) is 11.1 Å². The zero-order valence-electron chi connectivity index (χ0n) is 21.4. The van der Waals surface area contributed by atoms with E-state index < -0.39 is 0 Å². The first kappa shape index (κ1) is 28.4. The smallest absolute Gasteiger partial charge is 0.0701 e. The van der Waals surface area contributed by atoms with Crippen LogP contribution in [0.3, 0.4) is 0 Å². The zero-order chi connectivity index (χ0) is 25.3. The first-order valence-corrected chi connectivity index (χ1v) is 13.0. The van der Waals surface area contributed by atoms with Gasteiger partial charge in [0, 0.05) is 50.8 Å². The zero-order valence-corrected chi connectivity index (χ0v) is 21.4. The number of aliphatic hydroxyl groups is 2. The monoisotopic (exact) mass is 502 g/mol. The van der Waals surface area contributed by atoms with Gasteiger partial charge >= 0.3 is 0 Å². The first-order chi connectivity index (χ1) is 17.8. The molecule has 0 amide bonds. The molecule has 0 aliphatic carbocycles. The highest BCUT2D eigenvalue weighted by Crippen LogP contribution is 2.17. The third-order valence-corrected chi connectivity index (χ3v) is 6.17. The number of aliphatic hydroxyl groups excluding tert-OH is 2. The van der Waals surface area contributed by atoms with Crippen LogP contribution in [0.2, 0.25) is 0 Å². The summed E-state index contributed by atoms with van der Waals surface area (Å²) in [4.78, 5) is 4.52. The fourth-order valence-electron chi connectivity index (χ4n) is 4.09. The highest BCUT2D eigenvalue weighted by Gasteiger charge is 2.09. The van der Waals surface area contributed by atoms with Crippen molar-refractivity contribution in [1.82, 2.24) is 0 Å². The molecule has 1 aliphatic heterocycles. The number of ether oxygens (including phenoxy) is 4. The molecule has 3 rings (SSSR count). The molecule has 0 spiro atoms. The Morgan fingerprint density at radius 2 is 0.778 bits per heavy atom. The molecule has 0 bridgehead atoms. The van der Waals surface area contributed by atoms with E-state index in [4.69, 9.17) is 29.2 Å². The molecule has 36 heavy (non-hydrogen) atoms. The van der Waals surface area contributed by atoms with Gasteiger partial charge in [-0.3, -0.25) is 0 Å². The molecular formula is C28H42N2O6. The van der Waals surface area contributed by atoms with Crippen LogP contribution >= 0.6 is 0 Å². The van der Waals surface area contributed by atoms with Crippen molar-refractivity contribution in [2.75, 3.05) is 102 Å². The molecule has 0 aromatic heterocycles. The molecule has 2 N–H and O–H groups in total. The van der Waals surface area contributed by atoms with Crippen molar-refractivity contribution < 1.29 is 29.2 Å². The molecule has 0 unspecified atom stereocenters. The van der Waals surface area contributed by atoms with Crippen LogP contribution in [0, 0.1) is 0 Å². The van der Waals surface area contributed by atoms with Gasteiger partial charge in [-0.15, -0.1) is 0 Å². The summed E-state index contributed by atoms with van der Waals surface area (Å²) in [5.74, 6) is 0. The van der Waals surface area contributed by atoms with E-state index in [0.717, 1.165) is 48.7 Å². The van der Waals surface area contributed by atoms with Gasteiger partial charge in [0.25, 0.3) is 0 Å². The summed E-state index contributed by atoms with van der Waals surface area (Å²) in [6.45, 7) is 8.02. The van der Waals surface area contributed by atoms with Crippen LogP contribution in [0.4, 0.5) is 11.4 Å². The van der Waals surface area contributed by atoms with Crippen LogP contribution in [-0.2, 0) is 31.8 Å².